The van der Waals surface area contributed by atoms with Crippen LogP contribution in [0, 0.1) is 0 Å². The largest absolute Gasteiger partial charge is 0.324 e. The van der Waals surface area contributed by atoms with Gasteiger partial charge in [0.15, 0.2) is 0 Å². The van der Waals surface area contributed by atoms with Crippen molar-refractivity contribution < 1.29 is 19.2 Å². The number of halogens is 1. The standard InChI is InChI=1S/C22H18ClN7O4/c23-13-6-12(7-24-8-13)17-10-29(28-27-17)11-20(32)25-16-3-1-2-14-15(16)9-30(22(14)34)18-4-5-19(31)26-21(18)33/h1-3,6-8,10,18H,4-5,9,11H2,(H,25,32)(H,26,31,33). The molecule has 5 rings (SSSR count). The highest BCUT2D eigenvalue weighted by Gasteiger charge is 2.39. The van der Waals surface area contributed by atoms with Gasteiger partial charge in [0, 0.05) is 47.7 Å². The summed E-state index contributed by atoms with van der Waals surface area (Å²) in [5.74, 6) is -1.50. The number of amides is 4. The summed E-state index contributed by atoms with van der Waals surface area (Å²) < 4.78 is 1.38. The van der Waals surface area contributed by atoms with Gasteiger partial charge in [-0.3, -0.25) is 29.5 Å². The first-order chi connectivity index (χ1) is 16.4. The van der Waals surface area contributed by atoms with Crippen LogP contribution in [0.2, 0.25) is 5.02 Å². The molecule has 11 nitrogen and oxygen atoms in total. The van der Waals surface area contributed by atoms with Crippen molar-refractivity contribution in [2.45, 2.75) is 32.0 Å². The second kappa shape index (κ2) is 8.67. The number of nitrogens with zero attached hydrogens (tertiary/aromatic N) is 5. The lowest BCUT2D eigenvalue weighted by molar-refractivity contribution is -0.137. The van der Waals surface area contributed by atoms with Gasteiger partial charge < -0.3 is 10.2 Å². The van der Waals surface area contributed by atoms with Gasteiger partial charge in [-0.2, -0.15) is 0 Å². The molecule has 0 saturated carbocycles. The van der Waals surface area contributed by atoms with Crippen molar-refractivity contribution in [1.29, 1.82) is 0 Å². The van der Waals surface area contributed by atoms with Gasteiger partial charge in [-0.25, -0.2) is 4.68 Å². The number of benzene rings is 1. The summed E-state index contributed by atoms with van der Waals surface area (Å²) in [6, 6.07) is 5.99. The Labute approximate surface area is 198 Å². The Balaban J connectivity index is 1.29. The quantitative estimate of drug-likeness (QED) is 0.527. The van der Waals surface area contributed by atoms with Crippen molar-refractivity contribution in [3.8, 4) is 11.3 Å². The summed E-state index contributed by atoms with van der Waals surface area (Å²) in [6.07, 6.45) is 5.15. The summed E-state index contributed by atoms with van der Waals surface area (Å²) >= 11 is 5.96. The van der Waals surface area contributed by atoms with Gasteiger partial charge in [-0.1, -0.05) is 22.9 Å². The number of aromatic nitrogens is 4. The lowest BCUT2D eigenvalue weighted by Gasteiger charge is -2.29. The maximum atomic E-state index is 12.9. The van der Waals surface area contributed by atoms with E-state index in [2.05, 4.69) is 25.9 Å². The highest BCUT2D eigenvalue weighted by Crippen LogP contribution is 2.32. The molecule has 0 bridgehead atoms. The maximum Gasteiger partial charge on any atom is 0.255 e. The Morgan fingerprint density at radius 1 is 1.24 bits per heavy atom. The van der Waals surface area contributed by atoms with Crippen molar-refractivity contribution in [2.24, 2.45) is 0 Å². The molecular formula is C22H18ClN7O4. The smallest absolute Gasteiger partial charge is 0.255 e. The molecule has 172 valence electrons. The molecule has 4 heterocycles. The van der Waals surface area contributed by atoms with Crippen LogP contribution < -0.4 is 10.6 Å². The van der Waals surface area contributed by atoms with Crippen LogP contribution >= 0.6 is 11.6 Å². The Kier molecular flexibility index (Phi) is 5.54. The van der Waals surface area contributed by atoms with Crippen LogP contribution in [-0.2, 0) is 27.5 Å². The third kappa shape index (κ3) is 4.13. The van der Waals surface area contributed by atoms with Gasteiger partial charge >= 0.3 is 0 Å². The molecule has 0 radical (unpaired) electrons. The van der Waals surface area contributed by atoms with Crippen LogP contribution in [0.1, 0.15) is 28.8 Å². The van der Waals surface area contributed by atoms with Crippen LogP contribution in [0.5, 0.6) is 0 Å². The summed E-state index contributed by atoms with van der Waals surface area (Å²) in [5, 5.41) is 13.6. The molecule has 1 atom stereocenters. The first-order valence-electron chi connectivity index (χ1n) is 10.5. The molecule has 1 saturated heterocycles. The zero-order valence-corrected chi connectivity index (χ0v) is 18.5. The van der Waals surface area contributed by atoms with Crippen molar-refractivity contribution in [1.82, 2.24) is 30.2 Å². The topological polar surface area (TPSA) is 139 Å². The summed E-state index contributed by atoms with van der Waals surface area (Å²) in [6.45, 7) is 0.0571. The summed E-state index contributed by atoms with van der Waals surface area (Å²) in [7, 11) is 0. The van der Waals surface area contributed by atoms with E-state index in [1.807, 2.05) is 0 Å². The monoisotopic (exact) mass is 479 g/mol. The molecule has 1 fully saturated rings. The lowest BCUT2D eigenvalue weighted by Crippen LogP contribution is -2.52. The average Bonchev–Trinajstić information content (AvgIpc) is 3.39. The van der Waals surface area contributed by atoms with Crippen LogP contribution in [0.4, 0.5) is 5.69 Å². The second-order valence-electron chi connectivity index (χ2n) is 7.97. The minimum Gasteiger partial charge on any atom is -0.324 e. The van der Waals surface area contributed by atoms with E-state index in [4.69, 9.17) is 11.6 Å². The molecule has 0 aliphatic carbocycles. The number of carbonyl (C=O) groups is 4. The number of carbonyl (C=O) groups excluding carboxylic acids is 4. The fraction of sp³-hybridized carbons (Fsp3) is 0.227. The Bertz CT molecular complexity index is 1340. The van der Waals surface area contributed by atoms with Crippen LogP contribution in [0.15, 0.2) is 42.9 Å². The molecule has 3 aromatic rings. The van der Waals surface area contributed by atoms with Gasteiger partial charge in [-0.05, 0) is 24.6 Å². The van der Waals surface area contributed by atoms with Crippen molar-refractivity contribution >= 4 is 40.9 Å². The number of hydrogen-bond acceptors (Lipinski definition) is 7. The third-order valence-electron chi connectivity index (χ3n) is 5.70. The molecule has 4 amide bonds. The Hall–Kier alpha value is -4.12. The lowest BCUT2D eigenvalue weighted by atomic mass is 10.0. The van der Waals surface area contributed by atoms with Crippen molar-refractivity contribution in [2.75, 3.05) is 5.32 Å². The predicted octanol–water partition coefficient (Wildman–Crippen LogP) is 1.39. The number of anilines is 1. The number of piperidine rings is 1. The van der Waals surface area contributed by atoms with E-state index in [0.29, 0.717) is 33.1 Å². The highest BCUT2D eigenvalue weighted by molar-refractivity contribution is 6.30. The number of rotatable bonds is 5. The number of nitrogens with one attached hydrogen (secondary N) is 2. The molecule has 2 aromatic heterocycles. The predicted molar refractivity (Wildman–Crippen MR) is 119 cm³/mol. The second-order valence-corrected chi connectivity index (χ2v) is 8.41. The van der Waals surface area contributed by atoms with Gasteiger partial charge in [-0.15, -0.1) is 5.10 Å². The Morgan fingerprint density at radius 3 is 2.88 bits per heavy atom. The molecule has 2 aliphatic rings. The van der Waals surface area contributed by atoms with E-state index in [1.54, 1.807) is 36.7 Å². The van der Waals surface area contributed by atoms with E-state index in [9.17, 15) is 19.2 Å². The van der Waals surface area contributed by atoms with E-state index >= 15 is 0 Å². The van der Waals surface area contributed by atoms with Crippen LogP contribution in [-0.4, -0.2) is 54.5 Å². The van der Waals surface area contributed by atoms with Gasteiger partial charge in [0.25, 0.3) is 5.91 Å². The SMILES string of the molecule is O=C1CCC(N2Cc3c(NC(=O)Cn4cc(-c5cncc(Cl)c5)nn4)cccc3C2=O)C(=O)N1. The molecule has 1 unspecified atom stereocenters. The maximum absolute atomic E-state index is 12.9. The molecule has 1 aromatic carbocycles. The Morgan fingerprint density at radius 2 is 2.09 bits per heavy atom. The number of fused-ring (bicyclic) bond motifs is 1. The van der Waals surface area contributed by atoms with Crippen molar-refractivity contribution in [3.63, 3.8) is 0 Å². The van der Waals surface area contributed by atoms with Gasteiger partial charge in [0.05, 0.1) is 11.2 Å². The fourth-order valence-electron chi connectivity index (χ4n) is 4.10. The first-order valence-corrected chi connectivity index (χ1v) is 10.8. The first kappa shape index (κ1) is 21.7. The van der Waals surface area contributed by atoms with E-state index < -0.39 is 11.9 Å². The normalized spacial score (nSPS) is 17.5. The third-order valence-corrected chi connectivity index (χ3v) is 5.91. The highest BCUT2D eigenvalue weighted by atomic mass is 35.5. The molecule has 2 N–H and O–H groups in total. The number of pyridine rings is 1. The van der Waals surface area contributed by atoms with Crippen LogP contribution in [0.25, 0.3) is 11.3 Å². The van der Waals surface area contributed by atoms with E-state index in [1.165, 1.54) is 15.8 Å². The zero-order valence-electron chi connectivity index (χ0n) is 17.7. The minimum absolute atomic E-state index is 0.102. The average molecular weight is 480 g/mol. The number of imide groups is 1. The van der Waals surface area contributed by atoms with Gasteiger partial charge in [0.1, 0.15) is 18.3 Å². The molecule has 2 aliphatic heterocycles. The molecule has 0 spiro atoms. The van der Waals surface area contributed by atoms with E-state index in [0.717, 1.165) is 0 Å². The van der Waals surface area contributed by atoms with Gasteiger partial charge in [0.2, 0.25) is 17.7 Å². The number of hydrogen-bond donors (Lipinski definition) is 2. The fourth-order valence-corrected chi connectivity index (χ4v) is 4.27. The minimum atomic E-state index is -0.726. The van der Waals surface area contributed by atoms with Crippen molar-refractivity contribution in [3.05, 3.63) is 59.0 Å². The van der Waals surface area contributed by atoms with E-state index in [-0.39, 0.29) is 43.7 Å². The summed E-state index contributed by atoms with van der Waals surface area (Å²) in [5.41, 5.74) is 2.71. The van der Waals surface area contributed by atoms with Crippen LogP contribution in [0.3, 0.4) is 0 Å². The summed E-state index contributed by atoms with van der Waals surface area (Å²) in [4.78, 5) is 54.8. The molecular weight excluding hydrogens is 462 g/mol. The molecule has 34 heavy (non-hydrogen) atoms. The zero-order chi connectivity index (χ0) is 23.8. The molecule has 12 heteroatoms.